The van der Waals surface area contributed by atoms with E-state index in [0.717, 1.165) is 24.2 Å². The number of pyridine rings is 1. The second-order valence-electron chi connectivity index (χ2n) is 8.93. The van der Waals surface area contributed by atoms with Gasteiger partial charge in [0.15, 0.2) is 0 Å². The Morgan fingerprint density at radius 2 is 1.89 bits per heavy atom. The third-order valence-corrected chi connectivity index (χ3v) is 6.22. The number of halogens is 2. The van der Waals surface area contributed by atoms with Crippen LogP contribution in [0.15, 0.2) is 60.8 Å². The number of rotatable bonds is 5. The number of nitrogens with one attached hydrogen (secondary N) is 1. The summed E-state index contributed by atoms with van der Waals surface area (Å²) < 4.78 is 38.6. The molecule has 180 valence electrons. The highest BCUT2D eigenvalue weighted by Crippen LogP contribution is 2.33. The average Bonchev–Trinajstić information content (AvgIpc) is 3.16. The van der Waals surface area contributed by atoms with Gasteiger partial charge in [-0.15, -0.1) is 0 Å². The van der Waals surface area contributed by atoms with Gasteiger partial charge < -0.3 is 19.4 Å². The van der Waals surface area contributed by atoms with Gasteiger partial charge in [0.1, 0.15) is 17.3 Å². The number of amides is 1. The average molecular weight is 477 g/mol. The second-order valence-corrected chi connectivity index (χ2v) is 8.93. The first-order chi connectivity index (χ1) is 16.9. The lowest BCUT2D eigenvalue weighted by atomic mass is 10.0. The number of fused-ring (bicyclic) bond motifs is 1. The van der Waals surface area contributed by atoms with Crippen molar-refractivity contribution in [2.75, 3.05) is 32.1 Å². The second kappa shape index (κ2) is 9.56. The summed E-state index contributed by atoms with van der Waals surface area (Å²) in [5.74, 6) is -2.03. The van der Waals surface area contributed by atoms with Crippen molar-refractivity contribution in [3.8, 4) is 11.3 Å². The number of anilines is 1. The molecule has 0 bridgehead atoms. The fraction of sp³-hybridized carbons (Fsp3) is 0.259. The lowest BCUT2D eigenvalue weighted by Gasteiger charge is -2.30. The van der Waals surface area contributed by atoms with Gasteiger partial charge in [-0.2, -0.15) is 0 Å². The molecule has 5 rings (SSSR count). The minimum Gasteiger partial charge on any atom is -0.375 e. The van der Waals surface area contributed by atoms with Crippen LogP contribution in [-0.4, -0.2) is 53.0 Å². The molecule has 0 saturated carbocycles. The molecule has 1 amide bonds. The van der Waals surface area contributed by atoms with Crippen molar-refractivity contribution in [2.24, 2.45) is 0 Å². The highest BCUT2D eigenvalue weighted by atomic mass is 19.1. The number of imidazole rings is 1. The van der Waals surface area contributed by atoms with Gasteiger partial charge in [-0.3, -0.25) is 4.79 Å². The smallest absolute Gasteiger partial charge is 0.255 e. The number of hydrogen-bond acceptors (Lipinski definition) is 4. The molecular formula is C27H26F2N4O2. The zero-order valence-corrected chi connectivity index (χ0v) is 19.6. The van der Waals surface area contributed by atoms with Gasteiger partial charge in [-0.25, -0.2) is 13.8 Å². The Morgan fingerprint density at radius 3 is 2.60 bits per heavy atom. The van der Waals surface area contributed by atoms with Crippen LogP contribution >= 0.6 is 0 Å². The van der Waals surface area contributed by atoms with E-state index in [9.17, 15) is 4.79 Å². The van der Waals surface area contributed by atoms with Gasteiger partial charge in [0, 0.05) is 37.0 Å². The van der Waals surface area contributed by atoms with Crippen LogP contribution in [0.5, 0.6) is 0 Å². The molecule has 1 aliphatic heterocycles. The third-order valence-electron chi connectivity index (χ3n) is 6.22. The minimum absolute atomic E-state index is 0.0380. The lowest BCUT2D eigenvalue weighted by Crippen LogP contribution is -2.41. The molecule has 2 aromatic heterocycles. The molecule has 2 aromatic carbocycles. The van der Waals surface area contributed by atoms with E-state index in [1.165, 1.54) is 0 Å². The number of benzene rings is 2. The van der Waals surface area contributed by atoms with E-state index in [1.54, 1.807) is 30.3 Å². The van der Waals surface area contributed by atoms with Crippen molar-refractivity contribution in [3.05, 3.63) is 89.2 Å². The standard InChI is InChI=1S/C27H26F2N4O2/c1-17-8-9-33-23(15-20-16-32(2)10-11-35-20)26(31-24(33)12-17)25-21(28)13-19(14-22(25)29)30-27(34)18-6-4-3-5-7-18/h3-9,12-14,20H,10-11,15-16H2,1-2H3,(H,30,34). The number of likely N-dealkylation sites (N-methyl/N-ethyl adjacent to an activating group) is 1. The van der Waals surface area contributed by atoms with Crippen molar-refractivity contribution >= 4 is 17.2 Å². The predicted molar refractivity (Wildman–Crippen MR) is 131 cm³/mol. The Kier molecular flexibility index (Phi) is 6.32. The zero-order chi connectivity index (χ0) is 24.5. The molecule has 1 atom stereocenters. The number of aromatic nitrogens is 2. The summed E-state index contributed by atoms with van der Waals surface area (Å²) in [7, 11) is 2.02. The molecule has 35 heavy (non-hydrogen) atoms. The normalized spacial score (nSPS) is 16.5. The van der Waals surface area contributed by atoms with Crippen molar-refractivity contribution in [2.45, 2.75) is 19.4 Å². The van der Waals surface area contributed by atoms with Crippen LogP contribution in [0, 0.1) is 18.6 Å². The van der Waals surface area contributed by atoms with E-state index in [4.69, 9.17) is 4.74 Å². The maximum absolute atomic E-state index is 15.4. The van der Waals surface area contributed by atoms with Crippen molar-refractivity contribution in [1.82, 2.24) is 14.3 Å². The van der Waals surface area contributed by atoms with Crippen LogP contribution in [0.2, 0.25) is 0 Å². The Hall–Kier alpha value is -3.62. The number of nitrogens with zero attached hydrogens (tertiary/aromatic N) is 3. The number of hydrogen-bond donors (Lipinski definition) is 1. The molecule has 0 aliphatic carbocycles. The monoisotopic (exact) mass is 476 g/mol. The fourth-order valence-corrected chi connectivity index (χ4v) is 4.46. The SMILES string of the molecule is Cc1ccn2c(CC3CN(C)CCO3)c(-c3c(F)cc(NC(=O)c4ccccc4)cc3F)nc2c1. The minimum atomic E-state index is -0.795. The first-order valence-electron chi connectivity index (χ1n) is 11.5. The molecular weight excluding hydrogens is 450 g/mol. The van der Waals surface area contributed by atoms with Gasteiger partial charge >= 0.3 is 0 Å². The van der Waals surface area contributed by atoms with Gasteiger partial charge in [0.05, 0.1) is 29.7 Å². The van der Waals surface area contributed by atoms with Gasteiger partial charge in [0.2, 0.25) is 0 Å². The summed E-state index contributed by atoms with van der Waals surface area (Å²) in [5, 5.41) is 2.57. The van der Waals surface area contributed by atoms with E-state index in [2.05, 4.69) is 15.2 Å². The molecule has 0 spiro atoms. The molecule has 1 fully saturated rings. The number of morpholine rings is 1. The molecule has 8 heteroatoms. The molecule has 1 N–H and O–H groups in total. The number of carbonyl (C=O) groups excluding carboxylic acids is 1. The topological polar surface area (TPSA) is 58.9 Å². The highest BCUT2D eigenvalue weighted by Gasteiger charge is 2.26. The third kappa shape index (κ3) is 4.80. The number of carbonyl (C=O) groups is 1. The van der Waals surface area contributed by atoms with Crippen molar-refractivity contribution in [3.63, 3.8) is 0 Å². The number of aryl methyl sites for hydroxylation is 1. The van der Waals surface area contributed by atoms with Gasteiger partial charge in [-0.05, 0) is 55.9 Å². The van der Waals surface area contributed by atoms with Gasteiger partial charge in [0.25, 0.3) is 5.91 Å². The van der Waals surface area contributed by atoms with E-state index >= 15 is 8.78 Å². The molecule has 6 nitrogen and oxygen atoms in total. The van der Waals surface area contributed by atoms with Crippen LogP contribution in [-0.2, 0) is 11.2 Å². The largest absolute Gasteiger partial charge is 0.375 e. The summed E-state index contributed by atoms with van der Waals surface area (Å²) in [5.41, 5.74) is 2.74. The lowest BCUT2D eigenvalue weighted by molar-refractivity contribution is -0.0190. The van der Waals surface area contributed by atoms with Crippen LogP contribution < -0.4 is 5.32 Å². The summed E-state index contributed by atoms with van der Waals surface area (Å²) in [4.78, 5) is 19.2. The Labute approximate surface area is 202 Å². The van der Waals surface area contributed by atoms with E-state index in [1.807, 2.05) is 36.7 Å². The maximum Gasteiger partial charge on any atom is 0.255 e. The van der Waals surface area contributed by atoms with Crippen LogP contribution in [0.4, 0.5) is 14.5 Å². The Balaban J connectivity index is 1.53. The molecule has 1 unspecified atom stereocenters. The zero-order valence-electron chi connectivity index (χ0n) is 19.6. The Bertz CT molecular complexity index is 1360. The summed E-state index contributed by atoms with van der Waals surface area (Å²) in [6.45, 7) is 4.10. The van der Waals surface area contributed by atoms with E-state index in [-0.39, 0.29) is 23.0 Å². The maximum atomic E-state index is 15.4. The van der Waals surface area contributed by atoms with Crippen LogP contribution in [0.25, 0.3) is 16.9 Å². The molecule has 0 radical (unpaired) electrons. The van der Waals surface area contributed by atoms with E-state index in [0.29, 0.717) is 36.5 Å². The summed E-state index contributed by atoms with van der Waals surface area (Å²) in [6.07, 6.45) is 2.20. The molecule has 1 saturated heterocycles. The highest BCUT2D eigenvalue weighted by molar-refractivity contribution is 6.04. The fourth-order valence-electron chi connectivity index (χ4n) is 4.46. The van der Waals surface area contributed by atoms with E-state index < -0.39 is 17.5 Å². The van der Waals surface area contributed by atoms with Crippen LogP contribution in [0.3, 0.4) is 0 Å². The molecule has 3 heterocycles. The first kappa shape index (κ1) is 23.1. The quantitative estimate of drug-likeness (QED) is 0.453. The molecule has 1 aliphatic rings. The number of ether oxygens (including phenoxy) is 1. The summed E-state index contributed by atoms with van der Waals surface area (Å²) in [6, 6.07) is 14.6. The molecule has 4 aromatic rings. The van der Waals surface area contributed by atoms with Crippen molar-refractivity contribution < 1.29 is 18.3 Å². The van der Waals surface area contributed by atoms with Gasteiger partial charge in [-0.1, -0.05) is 18.2 Å². The van der Waals surface area contributed by atoms with Crippen LogP contribution in [0.1, 0.15) is 21.6 Å². The Morgan fingerprint density at radius 1 is 1.14 bits per heavy atom. The predicted octanol–water partition coefficient (Wildman–Crippen LogP) is 4.71. The summed E-state index contributed by atoms with van der Waals surface area (Å²) >= 11 is 0. The van der Waals surface area contributed by atoms with Crippen molar-refractivity contribution in [1.29, 1.82) is 0 Å². The first-order valence-corrected chi connectivity index (χ1v) is 11.5.